The van der Waals surface area contributed by atoms with Gasteiger partial charge >= 0.3 is 0 Å². The number of fused-ring (bicyclic) bond motifs is 1. The van der Waals surface area contributed by atoms with Gasteiger partial charge < -0.3 is 4.42 Å². The molecule has 0 aliphatic heterocycles. The summed E-state index contributed by atoms with van der Waals surface area (Å²) < 4.78 is 27.1. The maximum atomic E-state index is 10.9. The highest BCUT2D eigenvalue weighted by Gasteiger charge is 2.10. The summed E-state index contributed by atoms with van der Waals surface area (Å²) in [4.78, 5) is 0. The van der Waals surface area contributed by atoms with Gasteiger partial charge in [0, 0.05) is 5.39 Å². The SMILES string of the molecule is Cc1ccc2oc(CS(N)(=O)=O)cc2c1. The van der Waals surface area contributed by atoms with Crippen molar-refractivity contribution < 1.29 is 12.8 Å². The summed E-state index contributed by atoms with van der Waals surface area (Å²) in [7, 11) is -3.53. The zero-order chi connectivity index (χ0) is 11.1. The number of rotatable bonds is 2. The van der Waals surface area contributed by atoms with Crippen LogP contribution in [0.25, 0.3) is 11.0 Å². The Bertz CT molecular complexity index is 598. The van der Waals surface area contributed by atoms with Crippen molar-refractivity contribution in [3.8, 4) is 0 Å². The van der Waals surface area contributed by atoms with Crippen LogP contribution in [0.3, 0.4) is 0 Å². The summed E-state index contributed by atoms with van der Waals surface area (Å²) in [6.45, 7) is 1.96. The largest absolute Gasteiger partial charge is 0.460 e. The van der Waals surface area contributed by atoms with E-state index in [1.54, 1.807) is 6.07 Å². The van der Waals surface area contributed by atoms with Crippen molar-refractivity contribution in [3.63, 3.8) is 0 Å². The molecule has 0 saturated carbocycles. The van der Waals surface area contributed by atoms with Gasteiger partial charge in [0.2, 0.25) is 10.0 Å². The molecule has 1 aromatic heterocycles. The van der Waals surface area contributed by atoms with Gasteiger partial charge in [-0.3, -0.25) is 0 Å². The first-order chi connectivity index (χ1) is 6.94. The Hall–Kier alpha value is -1.33. The third-order valence-corrected chi connectivity index (χ3v) is 2.75. The normalized spacial score (nSPS) is 12.1. The lowest BCUT2D eigenvalue weighted by atomic mass is 10.2. The van der Waals surface area contributed by atoms with Crippen LogP contribution in [-0.2, 0) is 15.8 Å². The molecule has 0 amide bonds. The molecule has 2 aromatic rings. The highest BCUT2D eigenvalue weighted by atomic mass is 32.2. The van der Waals surface area contributed by atoms with E-state index in [2.05, 4.69) is 0 Å². The van der Waals surface area contributed by atoms with Crippen LogP contribution in [0.2, 0.25) is 0 Å². The van der Waals surface area contributed by atoms with E-state index in [9.17, 15) is 8.42 Å². The maximum absolute atomic E-state index is 10.9. The molecule has 2 N–H and O–H groups in total. The summed E-state index contributed by atoms with van der Waals surface area (Å²) >= 11 is 0. The van der Waals surface area contributed by atoms with Gasteiger partial charge in [-0.25, -0.2) is 13.6 Å². The van der Waals surface area contributed by atoms with Crippen LogP contribution >= 0.6 is 0 Å². The second-order valence-corrected chi connectivity index (χ2v) is 5.18. The quantitative estimate of drug-likeness (QED) is 0.842. The van der Waals surface area contributed by atoms with Gasteiger partial charge in [-0.05, 0) is 25.1 Å². The summed E-state index contributed by atoms with van der Waals surface area (Å²) in [5.74, 6) is 0.110. The number of nitrogens with two attached hydrogens (primary N) is 1. The minimum absolute atomic E-state index is 0.263. The predicted octanol–water partition coefficient (Wildman–Crippen LogP) is 1.53. The Morgan fingerprint density at radius 3 is 2.73 bits per heavy atom. The molecule has 4 nitrogen and oxygen atoms in total. The molecule has 15 heavy (non-hydrogen) atoms. The van der Waals surface area contributed by atoms with E-state index in [1.807, 2.05) is 25.1 Å². The number of hydrogen-bond donors (Lipinski definition) is 1. The summed E-state index contributed by atoms with van der Waals surface area (Å²) in [5.41, 5.74) is 1.78. The highest BCUT2D eigenvalue weighted by molar-refractivity contribution is 7.88. The molecule has 5 heteroatoms. The van der Waals surface area contributed by atoms with E-state index in [4.69, 9.17) is 9.56 Å². The van der Waals surface area contributed by atoms with E-state index in [1.165, 1.54) is 0 Å². The van der Waals surface area contributed by atoms with Gasteiger partial charge in [0.25, 0.3) is 0 Å². The van der Waals surface area contributed by atoms with E-state index in [0.29, 0.717) is 11.3 Å². The lowest BCUT2D eigenvalue weighted by molar-refractivity contribution is 0.555. The Morgan fingerprint density at radius 1 is 1.33 bits per heavy atom. The molecule has 0 radical (unpaired) electrons. The van der Waals surface area contributed by atoms with Crippen LogP contribution in [0.4, 0.5) is 0 Å². The van der Waals surface area contributed by atoms with Crippen LogP contribution in [-0.4, -0.2) is 8.42 Å². The van der Waals surface area contributed by atoms with Crippen molar-refractivity contribution >= 4 is 21.0 Å². The van der Waals surface area contributed by atoms with Crippen molar-refractivity contribution in [3.05, 3.63) is 35.6 Å². The Morgan fingerprint density at radius 2 is 2.07 bits per heavy atom. The van der Waals surface area contributed by atoms with Crippen molar-refractivity contribution in [1.29, 1.82) is 0 Å². The number of benzene rings is 1. The summed E-state index contributed by atoms with van der Waals surface area (Å²) in [6.07, 6.45) is 0. The van der Waals surface area contributed by atoms with Crippen LogP contribution in [0.5, 0.6) is 0 Å². The van der Waals surface area contributed by atoms with Crippen molar-refractivity contribution in [2.75, 3.05) is 0 Å². The van der Waals surface area contributed by atoms with Gasteiger partial charge in [0.05, 0.1) is 0 Å². The van der Waals surface area contributed by atoms with Gasteiger partial charge in [0.1, 0.15) is 17.1 Å². The summed E-state index contributed by atoms with van der Waals surface area (Å²) in [5, 5.41) is 5.83. The molecule has 1 aromatic carbocycles. The van der Waals surface area contributed by atoms with Gasteiger partial charge in [0.15, 0.2) is 0 Å². The van der Waals surface area contributed by atoms with Crippen LogP contribution < -0.4 is 5.14 Å². The van der Waals surface area contributed by atoms with Gasteiger partial charge in [-0.1, -0.05) is 11.6 Å². The zero-order valence-corrected chi connectivity index (χ0v) is 9.04. The standard InChI is InChI=1S/C10H11NO3S/c1-7-2-3-10-8(4-7)5-9(14-10)6-15(11,12)13/h2-5H,6H2,1H3,(H2,11,12,13). The number of furan rings is 1. The van der Waals surface area contributed by atoms with Crippen LogP contribution in [0, 0.1) is 6.92 Å². The molecule has 0 atom stereocenters. The minimum atomic E-state index is -3.53. The molecule has 0 aliphatic carbocycles. The fraction of sp³-hybridized carbons (Fsp3) is 0.200. The molecule has 0 bridgehead atoms. The second kappa shape index (κ2) is 3.36. The van der Waals surface area contributed by atoms with Crippen LogP contribution in [0.15, 0.2) is 28.7 Å². The monoisotopic (exact) mass is 225 g/mol. The number of sulfonamides is 1. The number of aryl methyl sites for hydroxylation is 1. The molecular formula is C10H11NO3S. The van der Waals surface area contributed by atoms with Gasteiger partial charge in [-0.2, -0.15) is 0 Å². The van der Waals surface area contributed by atoms with E-state index < -0.39 is 10.0 Å². The molecule has 2 rings (SSSR count). The Kier molecular flexibility index (Phi) is 2.28. The summed E-state index contributed by atoms with van der Waals surface area (Å²) in [6, 6.07) is 7.36. The molecule has 0 aliphatic rings. The first kappa shape index (κ1) is 10.2. The van der Waals surface area contributed by atoms with E-state index in [0.717, 1.165) is 10.9 Å². The lowest BCUT2D eigenvalue weighted by Crippen LogP contribution is -2.13. The molecular weight excluding hydrogens is 214 g/mol. The average Bonchev–Trinajstić information content (AvgIpc) is 2.42. The Balaban J connectivity index is 2.48. The highest BCUT2D eigenvalue weighted by Crippen LogP contribution is 2.21. The van der Waals surface area contributed by atoms with Crippen LogP contribution in [0.1, 0.15) is 11.3 Å². The van der Waals surface area contributed by atoms with Gasteiger partial charge in [-0.15, -0.1) is 0 Å². The van der Waals surface area contributed by atoms with Crippen molar-refractivity contribution in [2.24, 2.45) is 5.14 Å². The minimum Gasteiger partial charge on any atom is -0.460 e. The predicted molar refractivity (Wildman–Crippen MR) is 57.8 cm³/mol. The lowest BCUT2D eigenvalue weighted by Gasteiger charge is -1.91. The first-order valence-corrected chi connectivity index (χ1v) is 6.15. The maximum Gasteiger partial charge on any atom is 0.216 e. The second-order valence-electron chi connectivity index (χ2n) is 3.56. The molecule has 0 saturated heterocycles. The average molecular weight is 225 g/mol. The molecule has 0 spiro atoms. The Labute approximate surface area is 87.7 Å². The number of hydrogen-bond acceptors (Lipinski definition) is 3. The first-order valence-electron chi connectivity index (χ1n) is 4.43. The molecule has 1 heterocycles. The van der Waals surface area contributed by atoms with E-state index >= 15 is 0 Å². The van der Waals surface area contributed by atoms with E-state index in [-0.39, 0.29) is 5.75 Å². The fourth-order valence-corrected chi connectivity index (χ4v) is 2.03. The topological polar surface area (TPSA) is 73.3 Å². The number of primary sulfonamides is 1. The third kappa shape index (κ3) is 2.37. The zero-order valence-electron chi connectivity index (χ0n) is 8.23. The molecule has 0 fully saturated rings. The molecule has 0 unspecified atom stereocenters. The van der Waals surface area contributed by atoms with Crippen molar-refractivity contribution in [2.45, 2.75) is 12.7 Å². The fourth-order valence-electron chi connectivity index (χ4n) is 1.49. The molecule has 80 valence electrons. The third-order valence-electron chi connectivity index (χ3n) is 2.07. The smallest absolute Gasteiger partial charge is 0.216 e. The van der Waals surface area contributed by atoms with Crippen molar-refractivity contribution in [1.82, 2.24) is 0 Å².